The van der Waals surface area contributed by atoms with Crippen LogP contribution in [0.2, 0.25) is 0 Å². The molecule has 4 heteroatoms. The maximum Gasteiger partial charge on any atom is 0.140 e. The van der Waals surface area contributed by atoms with Gasteiger partial charge in [0, 0.05) is 18.0 Å². The quantitative estimate of drug-likeness (QED) is 0.849. The fourth-order valence-electron chi connectivity index (χ4n) is 1.48. The summed E-state index contributed by atoms with van der Waals surface area (Å²) < 4.78 is 0. The van der Waals surface area contributed by atoms with Gasteiger partial charge in [0.15, 0.2) is 0 Å². The minimum atomic E-state index is 0.0667. The summed E-state index contributed by atoms with van der Waals surface area (Å²) in [7, 11) is 0. The highest BCUT2D eigenvalue weighted by Crippen LogP contribution is 2.23. The Morgan fingerprint density at radius 2 is 1.94 bits per heavy atom. The van der Waals surface area contributed by atoms with E-state index in [1.165, 1.54) is 0 Å². The van der Waals surface area contributed by atoms with Gasteiger partial charge in [-0.1, -0.05) is 34.6 Å². The third-order valence-corrected chi connectivity index (χ3v) is 3.40. The fourth-order valence-corrected chi connectivity index (χ4v) is 2.00. The smallest absolute Gasteiger partial charge is 0.140 e. The molecular weight excluding hydrogens is 242 g/mol. The van der Waals surface area contributed by atoms with Crippen molar-refractivity contribution in [2.75, 3.05) is 17.6 Å². The topological polar surface area (TPSA) is 37.8 Å². The van der Waals surface area contributed by atoms with Crippen molar-refractivity contribution in [3.63, 3.8) is 0 Å². The summed E-state index contributed by atoms with van der Waals surface area (Å²) in [4.78, 5) is 9.26. The molecular formula is C14H25N3S. The summed E-state index contributed by atoms with van der Waals surface area (Å²) in [6.45, 7) is 11.9. The molecule has 1 heterocycles. The second kappa shape index (κ2) is 6.98. The van der Waals surface area contributed by atoms with E-state index in [-0.39, 0.29) is 5.41 Å². The van der Waals surface area contributed by atoms with Gasteiger partial charge in [0.1, 0.15) is 11.6 Å². The second-order valence-corrected chi connectivity index (χ2v) is 6.64. The van der Waals surface area contributed by atoms with Gasteiger partial charge in [0.25, 0.3) is 0 Å². The van der Waals surface area contributed by atoms with E-state index >= 15 is 0 Å². The van der Waals surface area contributed by atoms with Crippen LogP contribution in [0, 0.1) is 0 Å². The predicted molar refractivity (Wildman–Crippen MR) is 81.3 cm³/mol. The zero-order chi connectivity index (χ0) is 13.6. The van der Waals surface area contributed by atoms with E-state index in [1.54, 1.807) is 0 Å². The van der Waals surface area contributed by atoms with Crippen LogP contribution in [0.4, 0.5) is 5.82 Å². The van der Waals surface area contributed by atoms with Crippen LogP contribution in [-0.2, 0) is 11.2 Å². The minimum Gasteiger partial charge on any atom is -0.370 e. The van der Waals surface area contributed by atoms with Crippen LogP contribution in [0.3, 0.4) is 0 Å². The molecule has 1 N–H and O–H groups in total. The lowest BCUT2D eigenvalue weighted by molar-refractivity contribution is 0.564. The van der Waals surface area contributed by atoms with Crippen molar-refractivity contribution in [1.82, 2.24) is 9.97 Å². The Morgan fingerprint density at radius 1 is 1.22 bits per heavy atom. The maximum absolute atomic E-state index is 4.68. The molecule has 0 atom stereocenters. The molecule has 0 aliphatic heterocycles. The highest BCUT2D eigenvalue weighted by molar-refractivity contribution is 7.98. The average Bonchev–Trinajstić information content (AvgIpc) is 2.32. The van der Waals surface area contributed by atoms with E-state index in [1.807, 2.05) is 11.8 Å². The van der Waals surface area contributed by atoms with Gasteiger partial charge in [0.2, 0.25) is 0 Å². The molecule has 3 nitrogen and oxygen atoms in total. The molecule has 0 unspecified atom stereocenters. The van der Waals surface area contributed by atoms with Crippen molar-refractivity contribution in [2.45, 2.75) is 52.2 Å². The number of hydrogen-bond acceptors (Lipinski definition) is 4. The van der Waals surface area contributed by atoms with Crippen LogP contribution < -0.4 is 5.32 Å². The third kappa shape index (κ3) is 4.84. The van der Waals surface area contributed by atoms with Crippen molar-refractivity contribution in [1.29, 1.82) is 0 Å². The molecule has 0 fully saturated rings. The minimum absolute atomic E-state index is 0.0667. The van der Waals surface area contributed by atoms with Gasteiger partial charge in [-0.3, -0.25) is 0 Å². The predicted octanol–water partition coefficient (Wildman–Crippen LogP) is 3.85. The SMILES string of the molecule is CCCNc1cc(C(C)(C)C)nc(CSCC)n1. The molecule has 1 aromatic rings. The van der Waals surface area contributed by atoms with E-state index in [0.29, 0.717) is 0 Å². The first-order chi connectivity index (χ1) is 8.47. The standard InChI is InChI=1S/C14H25N3S/c1-6-8-15-12-9-11(14(3,4)5)16-13(17-12)10-18-7-2/h9H,6-8,10H2,1-5H3,(H,15,16,17). The summed E-state index contributed by atoms with van der Waals surface area (Å²) in [5.74, 6) is 3.89. The molecule has 0 bridgehead atoms. The number of hydrogen-bond donors (Lipinski definition) is 1. The molecule has 0 spiro atoms. The van der Waals surface area contributed by atoms with Gasteiger partial charge in [-0.2, -0.15) is 11.8 Å². The summed E-state index contributed by atoms with van der Waals surface area (Å²) in [5, 5.41) is 3.36. The molecule has 0 saturated heterocycles. The van der Waals surface area contributed by atoms with Crippen LogP contribution in [0.25, 0.3) is 0 Å². The molecule has 0 saturated carbocycles. The van der Waals surface area contributed by atoms with Crippen molar-refractivity contribution < 1.29 is 0 Å². The van der Waals surface area contributed by atoms with E-state index in [2.05, 4.69) is 56.0 Å². The normalized spacial score (nSPS) is 11.6. The number of nitrogens with one attached hydrogen (secondary N) is 1. The zero-order valence-electron chi connectivity index (χ0n) is 12.2. The van der Waals surface area contributed by atoms with Crippen molar-refractivity contribution in [3.8, 4) is 0 Å². The lowest BCUT2D eigenvalue weighted by Crippen LogP contribution is -2.17. The Balaban J connectivity index is 2.96. The summed E-state index contributed by atoms with van der Waals surface area (Å²) in [6, 6.07) is 2.08. The summed E-state index contributed by atoms with van der Waals surface area (Å²) in [5.41, 5.74) is 1.18. The monoisotopic (exact) mass is 267 g/mol. The number of thioether (sulfide) groups is 1. The highest BCUT2D eigenvalue weighted by atomic mass is 32.2. The van der Waals surface area contributed by atoms with Gasteiger partial charge in [-0.25, -0.2) is 9.97 Å². The molecule has 0 radical (unpaired) electrons. The van der Waals surface area contributed by atoms with Crippen LogP contribution in [-0.4, -0.2) is 22.3 Å². The first kappa shape index (κ1) is 15.3. The van der Waals surface area contributed by atoms with E-state index in [0.717, 1.165) is 41.8 Å². The Hall–Kier alpha value is -0.770. The lowest BCUT2D eigenvalue weighted by Gasteiger charge is -2.19. The van der Waals surface area contributed by atoms with Gasteiger partial charge >= 0.3 is 0 Å². The van der Waals surface area contributed by atoms with Crippen LogP contribution in [0.15, 0.2) is 6.07 Å². The number of rotatable bonds is 6. The summed E-state index contributed by atoms with van der Waals surface area (Å²) in [6.07, 6.45) is 1.11. The molecule has 0 aromatic carbocycles. The first-order valence-corrected chi connectivity index (χ1v) is 7.83. The number of anilines is 1. The van der Waals surface area contributed by atoms with Gasteiger partial charge in [-0.05, 0) is 12.2 Å². The number of nitrogens with zero attached hydrogens (tertiary/aromatic N) is 2. The van der Waals surface area contributed by atoms with Crippen molar-refractivity contribution in [3.05, 3.63) is 17.6 Å². The molecule has 0 aliphatic carbocycles. The van der Waals surface area contributed by atoms with Gasteiger partial charge < -0.3 is 5.32 Å². The zero-order valence-corrected chi connectivity index (χ0v) is 13.0. The van der Waals surface area contributed by atoms with E-state index in [9.17, 15) is 0 Å². The molecule has 0 amide bonds. The average molecular weight is 267 g/mol. The second-order valence-electron chi connectivity index (χ2n) is 5.37. The Kier molecular flexibility index (Phi) is 5.93. The fraction of sp³-hybridized carbons (Fsp3) is 0.714. The molecule has 1 rings (SSSR count). The molecule has 0 aliphatic rings. The summed E-state index contributed by atoms with van der Waals surface area (Å²) >= 11 is 1.86. The molecule has 102 valence electrons. The van der Waals surface area contributed by atoms with Crippen molar-refractivity contribution in [2.24, 2.45) is 0 Å². The van der Waals surface area contributed by atoms with Crippen LogP contribution in [0.5, 0.6) is 0 Å². The van der Waals surface area contributed by atoms with Gasteiger partial charge in [-0.15, -0.1) is 0 Å². The maximum atomic E-state index is 4.68. The first-order valence-electron chi connectivity index (χ1n) is 6.67. The van der Waals surface area contributed by atoms with Crippen LogP contribution in [0.1, 0.15) is 52.6 Å². The van der Waals surface area contributed by atoms with Crippen molar-refractivity contribution >= 4 is 17.6 Å². The Bertz CT molecular complexity index is 346. The highest BCUT2D eigenvalue weighted by Gasteiger charge is 2.17. The van der Waals surface area contributed by atoms with E-state index in [4.69, 9.17) is 0 Å². The lowest BCUT2D eigenvalue weighted by atomic mass is 9.92. The molecule has 1 aromatic heterocycles. The largest absolute Gasteiger partial charge is 0.370 e. The number of aromatic nitrogens is 2. The Morgan fingerprint density at radius 3 is 2.50 bits per heavy atom. The molecule has 18 heavy (non-hydrogen) atoms. The van der Waals surface area contributed by atoms with Crippen LogP contribution >= 0.6 is 11.8 Å². The third-order valence-electron chi connectivity index (χ3n) is 2.53. The van der Waals surface area contributed by atoms with E-state index < -0.39 is 0 Å². The Labute approximate surface area is 115 Å². The van der Waals surface area contributed by atoms with Gasteiger partial charge in [0.05, 0.1) is 11.4 Å².